The molecule has 0 saturated heterocycles. The molecule has 242 valence electrons. The van der Waals surface area contributed by atoms with Crippen molar-refractivity contribution in [1.29, 1.82) is 0 Å². The van der Waals surface area contributed by atoms with E-state index in [1.54, 1.807) is 30.6 Å². The van der Waals surface area contributed by atoms with Gasteiger partial charge in [-0.25, -0.2) is 9.69 Å². The number of aryl methyl sites for hydroxylation is 1. The Morgan fingerprint density at radius 1 is 1.07 bits per heavy atom. The summed E-state index contributed by atoms with van der Waals surface area (Å²) in [5, 5.41) is 8.61. The zero-order valence-corrected chi connectivity index (χ0v) is 26.8. The number of benzene rings is 2. The van der Waals surface area contributed by atoms with E-state index in [1.165, 1.54) is 4.90 Å². The number of ether oxygens (including phenoxy) is 1. The Kier molecular flexibility index (Phi) is 9.71. The Morgan fingerprint density at radius 3 is 2.54 bits per heavy atom. The van der Waals surface area contributed by atoms with Gasteiger partial charge in [0.15, 0.2) is 0 Å². The van der Waals surface area contributed by atoms with Crippen molar-refractivity contribution < 1.29 is 19.1 Å². The molecule has 0 bridgehead atoms. The number of aromatic amines is 2. The number of anilines is 1. The van der Waals surface area contributed by atoms with Crippen molar-refractivity contribution in [2.24, 2.45) is 17.6 Å². The average molecular weight is 627 g/mol. The number of hydrogen-bond acceptors (Lipinski definition) is 7. The van der Waals surface area contributed by atoms with E-state index in [2.05, 4.69) is 20.5 Å². The number of carbonyl (C=O) groups excluding carboxylic acids is 3. The van der Waals surface area contributed by atoms with Crippen LogP contribution in [0.4, 0.5) is 10.5 Å². The fraction of sp³-hybridized carbons (Fsp3) is 0.400. The molecule has 0 radical (unpaired) electrons. The molecule has 11 nitrogen and oxygen atoms in total. The molecular formula is C35H42N6O5. The summed E-state index contributed by atoms with van der Waals surface area (Å²) >= 11 is 0. The Morgan fingerprint density at radius 2 is 1.83 bits per heavy atom. The first-order chi connectivity index (χ1) is 21.9. The van der Waals surface area contributed by atoms with Gasteiger partial charge in [0.1, 0.15) is 5.60 Å². The molecule has 0 unspecified atom stereocenters. The first kappa shape index (κ1) is 32.6. The minimum absolute atomic E-state index is 0.195. The van der Waals surface area contributed by atoms with Gasteiger partial charge >= 0.3 is 6.09 Å². The minimum Gasteiger partial charge on any atom is -0.444 e. The number of aromatic nitrogens is 3. The number of alkyl carbamates (subject to hydrolysis) is 1. The van der Waals surface area contributed by atoms with E-state index in [1.807, 2.05) is 58.0 Å². The van der Waals surface area contributed by atoms with Gasteiger partial charge in [0.2, 0.25) is 5.91 Å². The third kappa shape index (κ3) is 7.71. The number of H-pyrrole nitrogens is 2. The zero-order chi connectivity index (χ0) is 33.0. The second-order valence-electron chi connectivity index (χ2n) is 13.1. The molecular weight excluding hydrogens is 584 g/mol. The van der Waals surface area contributed by atoms with Gasteiger partial charge in [0.05, 0.1) is 22.6 Å². The Labute approximate surface area is 267 Å². The standard InChI is InChI=1S/C35H42N6O5/c1-21-19-37-15-14-27(21)25-7-5-6-23(16-25)17-29(36)33(44)41(26-12-13-28-30(18-26)39-40-31(28)42)32(43)24-10-8-22(9-11-24)20-38-34(45)46-35(2,3)4/h5-7,12-16,18-19,22,24,29H,8-11,17,20,36H2,1-4H3,(H,38,45)(H2,39,40,42)/t22-,24-,29-/m0/s1. The van der Waals surface area contributed by atoms with Gasteiger partial charge < -0.3 is 15.8 Å². The third-order valence-corrected chi connectivity index (χ3v) is 8.42. The van der Waals surface area contributed by atoms with E-state index in [0.29, 0.717) is 48.8 Å². The highest BCUT2D eigenvalue weighted by Gasteiger charge is 2.35. The van der Waals surface area contributed by atoms with Gasteiger partial charge in [0.25, 0.3) is 11.5 Å². The van der Waals surface area contributed by atoms with Crippen molar-refractivity contribution in [3.05, 3.63) is 82.4 Å². The van der Waals surface area contributed by atoms with E-state index in [-0.39, 0.29) is 23.8 Å². The van der Waals surface area contributed by atoms with Gasteiger partial charge in [-0.3, -0.25) is 29.6 Å². The van der Waals surface area contributed by atoms with Crippen molar-refractivity contribution in [1.82, 2.24) is 20.5 Å². The summed E-state index contributed by atoms with van der Waals surface area (Å²) in [4.78, 5) is 57.8. The number of amides is 3. The van der Waals surface area contributed by atoms with Crippen molar-refractivity contribution >= 4 is 34.5 Å². The topological polar surface area (TPSA) is 163 Å². The number of nitrogens with one attached hydrogen (secondary N) is 3. The van der Waals surface area contributed by atoms with Gasteiger partial charge in [-0.2, -0.15) is 0 Å². The summed E-state index contributed by atoms with van der Waals surface area (Å²) in [5.41, 5.74) is 10.5. The predicted molar refractivity (Wildman–Crippen MR) is 177 cm³/mol. The fourth-order valence-electron chi connectivity index (χ4n) is 6.04. The lowest BCUT2D eigenvalue weighted by molar-refractivity contribution is -0.130. The van der Waals surface area contributed by atoms with Gasteiger partial charge in [0, 0.05) is 24.9 Å². The highest BCUT2D eigenvalue weighted by Crippen LogP contribution is 2.32. The maximum Gasteiger partial charge on any atom is 0.407 e. The number of imide groups is 1. The summed E-state index contributed by atoms with van der Waals surface area (Å²) in [6.45, 7) is 7.89. The summed E-state index contributed by atoms with van der Waals surface area (Å²) in [7, 11) is 0. The number of rotatable bonds is 8. The van der Waals surface area contributed by atoms with Crippen molar-refractivity contribution in [2.45, 2.75) is 71.4 Å². The summed E-state index contributed by atoms with van der Waals surface area (Å²) < 4.78 is 5.34. The summed E-state index contributed by atoms with van der Waals surface area (Å²) in [6.07, 6.45) is 5.87. The minimum atomic E-state index is -0.993. The predicted octanol–water partition coefficient (Wildman–Crippen LogP) is 4.99. The number of carbonyl (C=O) groups is 3. The molecule has 5 rings (SSSR count). The maximum atomic E-state index is 14.1. The molecule has 2 aromatic heterocycles. The van der Waals surface area contributed by atoms with Crippen LogP contribution in [0.1, 0.15) is 57.6 Å². The van der Waals surface area contributed by atoms with Crippen LogP contribution in [0.3, 0.4) is 0 Å². The van der Waals surface area contributed by atoms with Crippen LogP contribution in [-0.2, 0) is 20.7 Å². The monoisotopic (exact) mass is 626 g/mol. The van der Waals surface area contributed by atoms with Crippen LogP contribution in [0.2, 0.25) is 0 Å². The van der Waals surface area contributed by atoms with E-state index in [0.717, 1.165) is 22.3 Å². The van der Waals surface area contributed by atoms with Gasteiger partial charge in [-0.1, -0.05) is 24.3 Å². The van der Waals surface area contributed by atoms with E-state index in [4.69, 9.17) is 10.5 Å². The molecule has 46 heavy (non-hydrogen) atoms. The molecule has 2 aromatic carbocycles. The van der Waals surface area contributed by atoms with Crippen molar-refractivity contribution in [3.63, 3.8) is 0 Å². The number of pyridine rings is 1. The molecule has 3 amide bonds. The largest absolute Gasteiger partial charge is 0.444 e. The van der Waals surface area contributed by atoms with Gasteiger partial charge in [-0.05, 0) is 112 Å². The van der Waals surface area contributed by atoms with E-state index >= 15 is 0 Å². The van der Waals surface area contributed by atoms with Crippen LogP contribution >= 0.6 is 0 Å². The SMILES string of the molecule is Cc1cnccc1-c1cccc(C[C@H](N)C(=O)N(c2ccc3c(=O)[nH][nH]c3c2)C(=O)[C@H]2CC[C@H](CNC(=O)OC(C)(C)C)CC2)c1. The van der Waals surface area contributed by atoms with E-state index < -0.39 is 29.6 Å². The normalized spacial score (nSPS) is 17.3. The van der Waals surface area contributed by atoms with Crippen LogP contribution in [0.15, 0.2) is 65.7 Å². The molecule has 0 spiro atoms. The van der Waals surface area contributed by atoms with Crippen LogP contribution in [-0.4, -0.2) is 51.3 Å². The lowest BCUT2D eigenvalue weighted by atomic mass is 9.81. The molecule has 1 saturated carbocycles. The number of nitrogens with two attached hydrogens (primary N) is 1. The number of hydrogen-bond donors (Lipinski definition) is 4. The highest BCUT2D eigenvalue weighted by atomic mass is 16.6. The second-order valence-corrected chi connectivity index (χ2v) is 13.1. The molecule has 11 heteroatoms. The quantitative estimate of drug-likeness (QED) is 0.214. The Bertz CT molecular complexity index is 1780. The summed E-state index contributed by atoms with van der Waals surface area (Å²) in [5.74, 6) is -1.03. The van der Waals surface area contributed by atoms with Crippen LogP contribution < -0.4 is 21.5 Å². The molecule has 1 aliphatic carbocycles. The summed E-state index contributed by atoms with van der Waals surface area (Å²) in [6, 6.07) is 13.6. The molecule has 1 fully saturated rings. The van der Waals surface area contributed by atoms with Crippen molar-refractivity contribution in [2.75, 3.05) is 11.4 Å². The third-order valence-electron chi connectivity index (χ3n) is 8.42. The first-order valence-electron chi connectivity index (χ1n) is 15.7. The van der Waals surface area contributed by atoms with Crippen LogP contribution in [0.5, 0.6) is 0 Å². The second kappa shape index (κ2) is 13.7. The van der Waals surface area contributed by atoms with Crippen LogP contribution in [0, 0.1) is 18.8 Å². The number of fused-ring (bicyclic) bond motifs is 1. The fourth-order valence-corrected chi connectivity index (χ4v) is 6.04. The zero-order valence-electron chi connectivity index (χ0n) is 26.8. The average Bonchev–Trinajstić information content (AvgIpc) is 3.39. The highest BCUT2D eigenvalue weighted by molar-refractivity contribution is 6.17. The lowest BCUT2D eigenvalue weighted by Gasteiger charge is -2.32. The maximum absolute atomic E-state index is 14.1. The Hall–Kier alpha value is -4.77. The van der Waals surface area contributed by atoms with Crippen LogP contribution in [0.25, 0.3) is 22.0 Å². The smallest absolute Gasteiger partial charge is 0.407 e. The molecule has 0 aliphatic heterocycles. The molecule has 2 heterocycles. The molecule has 1 aliphatic rings. The Balaban J connectivity index is 1.33. The van der Waals surface area contributed by atoms with Gasteiger partial charge in [-0.15, -0.1) is 0 Å². The first-order valence-corrected chi connectivity index (χ1v) is 15.7. The molecule has 5 N–H and O–H groups in total. The van der Waals surface area contributed by atoms with Crippen molar-refractivity contribution in [3.8, 4) is 11.1 Å². The molecule has 1 atom stereocenters. The van der Waals surface area contributed by atoms with E-state index in [9.17, 15) is 19.2 Å². The number of nitrogens with zero attached hydrogens (tertiary/aromatic N) is 2. The molecule has 4 aromatic rings. The lowest BCUT2D eigenvalue weighted by Crippen LogP contribution is -2.50.